The van der Waals surface area contributed by atoms with E-state index in [1.165, 1.54) is 6.33 Å². The average molecular weight is 392 g/mol. The molecule has 0 unspecified atom stereocenters. The molecule has 0 bridgehead atoms. The van der Waals surface area contributed by atoms with E-state index in [2.05, 4.69) is 15.3 Å². The van der Waals surface area contributed by atoms with Crippen LogP contribution in [-0.4, -0.2) is 17.1 Å². The van der Waals surface area contributed by atoms with Gasteiger partial charge in [-0.3, -0.25) is 0 Å². The van der Waals surface area contributed by atoms with Crippen molar-refractivity contribution in [2.75, 3.05) is 12.4 Å². The lowest BCUT2D eigenvalue weighted by Crippen LogP contribution is -2.00. The molecule has 140 valence electrons. The van der Waals surface area contributed by atoms with Gasteiger partial charge >= 0.3 is 0 Å². The Kier molecular flexibility index (Phi) is 5.26. The number of aromatic nitrogens is 2. The topological polar surface area (TPSA) is 56.3 Å². The van der Waals surface area contributed by atoms with Crippen LogP contribution in [0.3, 0.4) is 0 Å². The first-order chi connectivity index (χ1) is 13.7. The molecule has 0 spiro atoms. The van der Waals surface area contributed by atoms with Crippen molar-refractivity contribution < 1.29 is 9.47 Å². The van der Waals surface area contributed by atoms with Crippen LogP contribution in [0.2, 0.25) is 5.02 Å². The van der Waals surface area contributed by atoms with E-state index in [9.17, 15) is 0 Å². The van der Waals surface area contributed by atoms with Gasteiger partial charge in [0.05, 0.1) is 12.6 Å². The van der Waals surface area contributed by atoms with Crippen LogP contribution in [-0.2, 0) is 6.61 Å². The van der Waals surface area contributed by atoms with E-state index >= 15 is 0 Å². The zero-order valence-electron chi connectivity index (χ0n) is 15.2. The van der Waals surface area contributed by atoms with Gasteiger partial charge in [0.1, 0.15) is 18.8 Å². The number of rotatable bonds is 6. The van der Waals surface area contributed by atoms with Crippen LogP contribution in [0.25, 0.3) is 10.9 Å². The van der Waals surface area contributed by atoms with Gasteiger partial charge in [0, 0.05) is 22.2 Å². The van der Waals surface area contributed by atoms with Crippen molar-refractivity contribution in [1.29, 1.82) is 0 Å². The highest BCUT2D eigenvalue weighted by molar-refractivity contribution is 6.30. The fraction of sp³-hybridized carbons (Fsp3) is 0.0909. The zero-order chi connectivity index (χ0) is 19.3. The predicted octanol–water partition coefficient (Wildman–Crippen LogP) is 5.61. The maximum atomic E-state index is 6.07. The number of methoxy groups -OCH3 is 1. The number of ether oxygens (including phenoxy) is 2. The molecule has 0 atom stereocenters. The molecular formula is C22H18ClN3O2. The van der Waals surface area contributed by atoms with Crippen LogP contribution < -0.4 is 14.8 Å². The van der Waals surface area contributed by atoms with Crippen molar-refractivity contribution >= 4 is 34.0 Å². The fourth-order valence-corrected chi connectivity index (χ4v) is 3.06. The Morgan fingerprint density at radius 1 is 0.929 bits per heavy atom. The van der Waals surface area contributed by atoms with Gasteiger partial charge in [0.25, 0.3) is 0 Å². The first-order valence-corrected chi connectivity index (χ1v) is 9.13. The summed E-state index contributed by atoms with van der Waals surface area (Å²) >= 11 is 6.07. The van der Waals surface area contributed by atoms with E-state index in [1.807, 2.05) is 66.7 Å². The minimum atomic E-state index is 0.446. The third-order valence-electron chi connectivity index (χ3n) is 4.25. The summed E-state index contributed by atoms with van der Waals surface area (Å²) in [7, 11) is 1.62. The van der Waals surface area contributed by atoms with E-state index in [-0.39, 0.29) is 0 Å². The molecule has 0 saturated carbocycles. The van der Waals surface area contributed by atoms with Crippen molar-refractivity contribution in [3.8, 4) is 11.5 Å². The van der Waals surface area contributed by atoms with E-state index in [0.29, 0.717) is 28.9 Å². The Bertz CT molecular complexity index is 1100. The fourth-order valence-electron chi connectivity index (χ4n) is 2.87. The third-order valence-corrected chi connectivity index (χ3v) is 4.48. The SMILES string of the molecule is COc1cc2c(Nc3cccc(Cl)c3)ncnc2cc1OCc1ccccc1. The van der Waals surface area contributed by atoms with Gasteiger partial charge in [-0.05, 0) is 29.8 Å². The van der Waals surface area contributed by atoms with Crippen LogP contribution in [0, 0.1) is 0 Å². The molecule has 0 radical (unpaired) electrons. The summed E-state index contributed by atoms with van der Waals surface area (Å²) in [5, 5.41) is 4.76. The minimum Gasteiger partial charge on any atom is -0.493 e. The molecule has 1 heterocycles. The van der Waals surface area contributed by atoms with Crippen molar-refractivity contribution in [2.24, 2.45) is 0 Å². The first kappa shape index (κ1) is 18.1. The normalized spacial score (nSPS) is 10.6. The summed E-state index contributed by atoms with van der Waals surface area (Å²) in [5.41, 5.74) is 2.68. The number of hydrogen-bond donors (Lipinski definition) is 1. The summed E-state index contributed by atoms with van der Waals surface area (Å²) in [6.45, 7) is 0.446. The van der Waals surface area contributed by atoms with E-state index < -0.39 is 0 Å². The zero-order valence-corrected chi connectivity index (χ0v) is 16.0. The largest absolute Gasteiger partial charge is 0.493 e. The molecule has 4 aromatic rings. The van der Waals surface area contributed by atoms with Crippen LogP contribution in [0.4, 0.5) is 11.5 Å². The lowest BCUT2D eigenvalue weighted by molar-refractivity contribution is 0.285. The Labute approximate surface area is 167 Å². The number of fused-ring (bicyclic) bond motifs is 1. The molecule has 0 saturated heterocycles. The summed E-state index contributed by atoms with van der Waals surface area (Å²) < 4.78 is 11.5. The molecule has 0 aliphatic heterocycles. The number of hydrogen-bond acceptors (Lipinski definition) is 5. The highest BCUT2D eigenvalue weighted by Crippen LogP contribution is 2.35. The minimum absolute atomic E-state index is 0.446. The molecule has 0 amide bonds. The monoisotopic (exact) mass is 391 g/mol. The molecule has 0 aliphatic carbocycles. The van der Waals surface area contributed by atoms with Crippen LogP contribution >= 0.6 is 11.6 Å². The first-order valence-electron chi connectivity index (χ1n) is 8.75. The number of nitrogens with one attached hydrogen (secondary N) is 1. The summed E-state index contributed by atoms with van der Waals surface area (Å²) in [6.07, 6.45) is 1.52. The summed E-state index contributed by atoms with van der Waals surface area (Å²) in [4.78, 5) is 8.75. The molecule has 5 nitrogen and oxygen atoms in total. The van der Waals surface area contributed by atoms with Gasteiger partial charge in [-0.15, -0.1) is 0 Å². The Balaban J connectivity index is 1.66. The standard InChI is InChI=1S/C22H18ClN3O2/c1-27-20-11-18-19(12-21(20)28-13-15-6-3-2-4-7-15)24-14-25-22(18)26-17-9-5-8-16(23)10-17/h2-12,14H,13H2,1H3,(H,24,25,26). The van der Waals surface area contributed by atoms with Gasteiger partial charge in [0.2, 0.25) is 0 Å². The number of anilines is 2. The average Bonchev–Trinajstić information content (AvgIpc) is 2.72. The number of halogens is 1. The van der Waals surface area contributed by atoms with Crippen molar-refractivity contribution in [3.63, 3.8) is 0 Å². The molecule has 0 fully saturated rings. The van der Waals surface area contributed by atoms with Gasteiger partial charge in [-0.1, -0.05) is 48.0 Å². The molecular weight excluding hydrogens is 374 g/mol. The quantitative estimate of drug-likeness (QED) is 0.462. The molecule has 1 N–H and O–H groups in total. The van der Waals surface area contributed by atoms with E-state index in [1.54, 1.807) is 7.11 Å². The van der Waals surface area contributed by atoms with Crippen molar-refractivity contribution in [1.82, 2.24) is 9.97 Å². The third kappa shape index (κ3) is 4.00. The highest BCUT2D eigenvalue weighted by atomic mass is 35.5. The lowest BCUT2D eigenvalue weighted by Gasteiger charge is -2.14. The van der Waals surface area contributed by atoms with Gasteiger partial charge < -0.3 is 14.8 Å². The molecule has 0 aliphatic rings. The molecule has 1 aromatic heterocycles. The Morgan fingerprint density at radius 3 is 2.57 bits per heavy atom. The van der Waals surface area contributed by atoms with Crippen LogP contribution in [0.5, 0.6) is 11.5 Å². The molecule has 6 heteroatoms. The number of benzene rings is 3. The number of nitrogens with zero attached hydrogens (tertiary/aromatic N) is 2. The second kappa shape index (κ2) is 8.15. The van der Waals surface area contributed by atoms with Gasteiger partial charge in [-0.2, -0.15) is 0 Å². The van der Waals surface area contributed by atoms with Gasteiger partial charge in [-0.25, -0.2) is 9.97 Å². The second-order valence-electron chi connectivity index (χ2n) is 6.15. The predicted molar refractivity (Wildman–Crippen MR) is 112 cm³/mol. The van der Waals surface area contributed by atoms with E-state index in [4.69, 9.17) is 21.1 Å². The highest BCUT2D eigenvalue weighted by Gasteiger charge is 2.12. The van der Waals surface area contributed by atoms with Crippen molar-refractivity contribution in [3.05, 3.63) is 83.6 Å². The van der Waals surface area contributed by atoms with Crippen molar-refractivity contribution in [2.45, 2.75) is 6.61 Å². The lowest BCUT2D eigenvalue weighted by atomic mass is 10.2. The maximum absolute atomic E-state index is 6.07. The smallest absolute Gasteiger partial charge is 0.163 e. The molecule has 3 aromatic carbocycles. The summed E-state index contributed by atoms with van der Waals surface area (Å²) in [5.74, 6) is 1.92. The molecule has 28 heavy (non-hydrogen) atoms. The van der Waals surface area contributed by atoms with Gasteiger partial charge in [0.15, 0.2) is 11.5 Å². The maximum Gasteiger partial charge on any atom is 0.163 e. The van der Waals surface area contributed by atoms with Crippen LogP contribution in [0.1, 0.15) is 5.56 Å². The Hall–Kier alpha value is -3.31. The second-order valence-corrected chi connectivity index (χ2v) is 6.59. The summed E-state index contributed by atoms with van der Waals surface area (Å²) in [6, 6.07) is 21.2. The van der Waals surface area contributed by atoms with E-state index in [0.717, 1.165) is 22.2 Å². The Morgan fingerprint density at radius 2 is 1.79 bits per heavy atom. The molecule has 4 rings (SSSR count). The van der Waals surface area contributed by atoms with Crippen LogP contribution in [0.15, 0.2) is 73.1 Å².